The fourth-order valence-electron chi connectivity index (χ4n) is 2.80. The molecule has 25 heavy (non-hydrogen) atoms. The highest BCUT2D eigenvalue weighted by molar-refractivity contribution is 7.89. The molecule has 0 aliphatic carbocycles. The molecule has 1 aromatic carbocycles. The van der Waals surface area contributed by atoms with E-state index in [-0.39, 0.29) is 29.4 Å². The van der Waals surface area contributed by atoms with Crippen LogP contribution in [0.2, 0.25) is 0 Å². The van der Waals surface area contributed by atoms with Gasteiger partial charge in [-0.3, -0.25) is 9.69 Å². The fourth-order valence-corrected chi connectivity index (χ4v) is 4.33. The van der Waals surface area contributed by atoms with Gasteiger partial charge in [0, 0.05) is 25.2 Å². The highest BCUT2D eigenvalue weighted by atomic mass is 32.2. The van der Waals surface area contributed by atoms with Crippen LogP contribution in [0.1, 0.15) is 27.2 Å². The molecule has 0 atom stereocenters. The first-order valence-electron chi connectivity index (χ1n) is 8.38. The third kappa shape index (κ3) is 5.49. The van der Waals surface area contributed by atoms with Gasteiger partial charge in [-0.1, -0.05) is 12.1 Å². The number of benzene rings is 1. The van der Waals surface area contributed by atoms with Crippen LogP contribution in [0.25, 0.3) is 0 Å². The molecule has 0 aromatic heterocycles. The second kappa shape index (κ2) is 7.80. The Morgan fingerprint density at radius 3 is 2.48 bits per heavy atom. The molecule has 1 aliphatic rings. The first-order chi connectivity index (χ1) is 11.6. The zero-order valence-corrected chi connectivity index (χ0v) is 15.8. The third-order valence-electron chi connectivity index (χ3n) is 3.88. The van der Waals surface area contributed by atoms with Gasteiger partial charge in [-0.15, -0.1) is 0 Å². The predicted octanol–water partition coefficient (Wildman–Crippen LogP) is 1.44. The van der Waals surface area contributed by atoms with E-state index in [1.54, 1.807) is 0 Å². The lowest BCUT2D eigenvalue weighted by Gasteiger charge is -2.25. The SMILES string of the molecule is CC(C)(C)NC(=O)CN1CCCN(S(=O)(=O)c2ccccc2F)CC1. The Labute approximate surface area is 149 Å². The fraction of sp³-hybridized carbons (Fsp3) is 0.588. The number of nitrogens with zero attached hydrogens (tertiary/aromatic N) is 2. The summed E-state index contributed by atoms with van der Waals surface area (Å²) in [6, 6.07) is 5.40. The molecule has 0 saturated carbocycles. The Bertz CT molecular complexity index is 716. The van der Waals surface area contributed by atoms with Gasteiger partial charge in [0.2, 0.25) is 15.9 Å². The molecule has 140 valence electrons. The van der Waals surface area contributed by atoms with Crippen LogP contribution in [0.4, 0.5) is 4.39 Å². The number of hydrogen-bond acceptors (Lipinski definition) is 4. The van der Waals surface area contributed by atoms with E-state index in [9.17, 15) is 17.6 Å². The van der Waals surface area contributed by atoms with Crippen LogP contribution in [-0.2, 0) is 14.8 Å². The molecule has 1 aliphatic heterocycles. The number of hydrogen-bond donors (Lipinski definition) is 1. The molecular formula is C17H26FN3O3S. The maximum Gasteiger partial charge on any atom is 0.246 e. The van der Waals surface area contributed by atoms with Crippen molar-refractivity contribution in [2.24, 2.45) is 0 Å². The number of amides is 1. The summed E-state index contributed by atoms with van der Waals surface area (Å²) in [5.41, 5.74) is -0.302. The summed E-state index contributed by atoms with van der Waals surface area (Å²) in [6.07, 6.45) is 0.594. The summed E-state index contributed by atoms with van der Waals surface area (Å²) in [5, 5.41) is 2.90. The molecule has 0 bridgehead atoms. The van der Waals surface area contributed by atoms with E-state index in [0.717, 1.165) is 6.07 Å². The normalized spacial score (nSPS) is 17.9. The molecule has 1 aromatic rings. The quantitative estimate of drug-likeness (QED) is 0.869. The van der Waals surface area contributed by atoms with Crippen molar-refractivity contribution in [2.75, 3.05) is 32.7 Å². The molecule has 2 rings (SSSR count). The molecule has 1 amide bonds. The van der Waals surface area contributed by atoms with Crippen LogP contribution in [0.15, 0.2) is 29.2 Å². The minimum absolute atomic E-state index is 0.0853. The number of rotatable bonds is 4. The summed E-state index contributed by atoms with van der Waals surface area (Å²) in [7, 11) is -3.87. The molecule has 8 heteroatoms. The second-order valence-corrected chi connectivity index (χ2v) is 9.17. The average molecular weight is 371 g/mol. The molecule has 1 saturated heterocycles. The van der Waals surface area contributed by atoms with Gasteiger partial charge in [-0.2, -0.15) is 4.31 Å². The van der Waals surface area contributed by atoms with Gasteiger partial charge in [-0.25, -0.2) is 12.8 Å². The summed E-state index contributed by atoms with van der Waals surface area (Å²) in [4.78, 5) is 13.7. The highest BCUT2D eigenvalue weighted by Gasteiger charge is 2.29. The smallest absolute Gasteiger partial charge is 0.246 e. The Morgan fingerprint density at radius 1 is 1.16 bits per heavy atom. The zero-order valence-electron chi connectivity index (χ0n) is 15.0. The van der Waals surface area contributed by atoms with Gasteiger partial charge >= 0.3 is 0 Å². The van der Waals surface area contributed by atoms with Gasteiger partial charge in [-0.05, 0) is 45.9 Å². The molecular weight excluding hydrogens is 345 g/mol. The van der Waals surface area contributed by atoms with Crippen LogP contribution in [0.5, 0.6) is 0 Å². The summed E-state index contributed by atoms with van der Waals surface area (Å²) in [5.74, 6) is -0.828. The Hall–Kier alpha value is -1.51. The zero-order chi connectivity index (χ0) is 18.7. The highest BCUT2D eigenvalue weighted by Crippen LogP contribution is 2.20. The minimum Gasteiger partial charge on any atom is -0.350 e. The van der Waals surface area contributed by atoms with Crippen molar-refractivity contribution < 1.29 is 17.6 Å². The van der Waals surface area contributed by atoms with E-state index < -0.39 is 15.8 Å². The summed E-state index contributed by atoms with van der Waals surface area (Å²) in [6.45, 7) is 7.58. The van der Waals surface area contributed by atoms with Crippen LogP contribution >= 0.6 is 0 Å². The summed E-state index contributed by atoms with van der Waals surface area (Å²) < 4.78 is 40.5. The van der Waals surface area contributed by atoms with Crippen LogP contribution < -0.4 is 5.32 Å². The lowest BCUT2D eigenvalue weighted by atomic mass is 10.1. The van der Waals surface area contributed by atoms with Gasteiger partial charge in [0.25, 0.3) is 0 Å². The van der Waals surface area contributed by atoms with E-state index in [2.05, 4.69) is 5.32 Å². The second-order valence-electron chi connectivity index (χ2n) is 7.26. The molecule has 0 unspecified atom stereocenters. The summed E-state index contributed by atoms with van der Waals surface area (Å²) >= 11 is 0. The van der Waals surface area contributed by atoms with Crippen molar-refractivity contribution >= 4 is 15.9 Å². The van der Waals surface area contributed by atoms with Crippen molar-refractivity contribution in [2.45, 2.75) is 37.6 Å². The lowest BCUT2D eigenvalue weighted by molar-refractivity contribution is -0.123. The topological polar surface area (TPSA) is 69.7 Å². The largest absolute Gasteiger partial charge is 0.350 e. The molecule has 6 nitrogen and oxygen atoms in total. The van der Waals surface area contributed by atoms with Crippen molar-refractivity contribution in [3.8, 4) is 0 Å². The molecule has 1 fully saturated rings. The number of carbonyl (C=O) groups is 1. The lowest BCUT2D eigenvalue weighted by Crippen LogP contribution is -2.46. The standard InChI is InChI=1S/C17H26FN3O3S/c1-17(2,3)19-16(22)13-20-9-6-10-21(12-11-20)25(23,24)15-8-5-4-7-14(15)18/h4-5,7-8H,6,9-13H2,1-3H3,(H,19,22). The van der Waals surface area contributed by atoms with Gasteiger partial charge < -0.3 is 5.32 Å². The van der Waals surface area contributed by atoms with E-state index in [4.69, 9.17) is 0 Å². The number of nitrogens with one attached hydrogen (secondary N) is 1. The van der Waals surface area contributed by atoms with Gasteiger partial charge in [0.05, 0.1) is 6.54 Å². The number of halogens is 1. The Morgan fingerprint density at radius 2 is 1.84 bits per heavy atom. The monoisotopic (exact) mass is 371 g/mol. The predicted molar refractivity (Wildman–Crippen MR) is 94.1 cm³/mol. The average Bonchev–Trinajstić information content (AvgIpc) is 2.71. The van der Waals surface area contributed by atoms with Crippen LogP contribution in [0.3, 0.4) is 0 Å². The van der Waals surface area contributed by atoms with Crippen molar-refractivity contribution in [3.63, 3.8) is 0 Å². The van der Waals surface area contributed by atoms with Crippen molar-refractivity contribution in [1.82, 2.24) is 14.5 Å². The van der Waals surface area contributed by atoms with E-state index >= 15 is 0 Å². The van der Waals surface area contributed by atoms with Crippen LogP contribution in [0, 0.1) is 5.82 Å². The molecule has 1 N–H and O–H groups in total. The van der Waals surface area contributed by atoms with Crippen LogP contribution in [-0.4, -0.2) is 61.8 Å². The third-order valence-corrected chi connectivity index (χ3v) is 5.82. The first-order valence-corrected chi connectivity index (χ1v) is 9.82. The molecule has 1 heterocycles. The maximum atomic E-state index is 13.9. The van der Waals surface area contributed by atoms with E-state index in [0.29, 0.717) is 26.1 Å². The molecule has 0 radical (unpaired) electrons. The number of sulfonamides is 1. The van der Waals surface area contributed by atoms with Gasteiger partial charge in [0.1, 0.15) is 10.7 Å². The minimum atomic E-state index is -3.87. The first kappa shape index (κ1) is 19.8. The van der Waals surface area contributed by atoms with E-state index in [1.807, 2.05) is 25.7 Å². The maximum absolute atomic E-state index is 13.9. The van der Waals surface area contributed by atoms with Crippen molar-refractivity contribution in [1.29, 1.82) is 0 Å². The number of carbonyl (C=O) groups excluding carboxylic acids is 1. The molecule has 0 spiro atoms. The van der Waals surface area contributed by atoms with Gasteiger partial charge in [0.15, 0.2) is 0 Å². The Balaban J connectivity index is 2.02. The Kier molecular flexibility index (Phi) is 6.18. The van der Waals surface area contributed by atoms with E-state index in [1.165, 1.54) is 22.5 Å². The van der Waals surface area contributed by atoms with Crippen molar-refractivity contribution in [3.05, 3.63) is 30.1 Å².